The monoisotopic (exact) mass is 325 g/mol. The van der Waals surface area contributed by atoms with Gasteiger partial charge in [0.25, 0.3) is 0 Å². The molecule has 0 aliphatic heterocycles. The van der Waals surface area contributed by atoms with Crippen molar-refractivity contribution < 1.29 is 9.47 Å². The Morgan fingerprint density at radius 3 is 2.48 bits per heavy atom. The normalized spacial score (nSPS) is 10.3. The summed E-state index contributed by atoms with van der Waals surface area (Å²) in [6.45, 7) is 2.64. The number of methoxy groups -OCH3 is 2. The van der Waals surface area contributed by atoms with Gasteiger partial charge in [0, 0.05) is 17.3 Å². The minimum Gasteiger partial charge on any atom is -0.493 e. The van der Waals surface area contributed by atoms with Gasteiger partial charge in [0.15, 0.2) is 11.5 Å². The standard InChI is InChI=1S/C16H17Cl2NO2/c1-10-4-5-12(17)8-14(10)19-9-11-6-13(18)16(21-3)15(7-11)20-2/h4-8,19H,9H2,1-3H3. The number of halogens is 2. The second-order valence-electron chi connectivity index (χ2n) is 4.63. The highest BCUT2D eigenvalue weighted by Crippen LogP contribution is 2.36. The van der Waals surface area contributed by atoms with Gasteiger partial charge in [0.2, 0.25) is 0 Å². The third-order valence-electron chi connectivity index (χ3n) is 3.18. The largest absolute Gasteiger partial charge is 0.493 e. The van der Waals surface area contributed by atoms with E-state index < -0.39 is 0 Å². The molecule has 1 N–H and O–H groups in total. The first-order valence-corrected chi connectivity index (χ1v) is 7.21. The van der Waals surface area contributed by atoms with Crippen molar-refractivity contribution in [1.29, 1.82) is 0 Å². The molecule has 0 fully saturated rings. The number of aryl methyl sites for hydroxylation is 1. The van der Waals surface area contributed by atoms with E-state index in [2.05, 4.69) is 5.32 Å². The van der Waals surface area contributed by atoms with Gasteiger partial charge in [-0.3, -0.25) is 0 Å². The van der Waals surface area contributed by atoms with Gasteiger partial charge in [-0.2, -0.15) is 0 Å². The molecule has 112 valence electrons. The Morgan fingerprint density at radius 2 is 1.81 bits per heavy atom. The number of hydrogen-bond acceptors (Lipinski definition) is 3. The summed E-state index contributed by atoms with van der Waals surface area (Å²) in [4.78, 5) is 0. The van der Waals surface area contributed by atoms with Crippen LogP contribution in [-0.4, -0.2) is 14.2 Å². The molecule has 0 aliphatic carbocycles. The van der Waals surface area contributed by atoms with E-state index in [-0.39, 0.29) is 0 Å². The molecule has 0 radical (unpaired) electrons. The van der Waals surface area contributed by atoms with Crippen molar-refractivity contribution in [2.24, 2.45) is 0 Å². The predicted octanol–water partition coefficient (Wildman–Crippen LogP) is 4.93. The average molecular weight is 326 g/mol. The summed E-state index contributed by atoms with van der Waals surface area (Å²) < 4.78 is 10.5. The molecule has 0 amide bonds. The first kappa shape index (κ1) is 15.8. The molecule has 2 rings (SSSR count). The molecule has 0 spiro atoms. The Morgan fingerprint density at radius 1 is 1.05 bits per heavy atom. The van der Waals surface area contributed by atoms with Crippen LogP contribution in [0.2, 0.25) is 10.0 Å². The van der Waals surface area contributed by atoms with Crippen molar-refractivity contribution in [3.8, 4) is 11.5 Å². The quantitative estimate of drug-likeness (QED) is 0.845. The summed E-state index contributed by atoms with van der Waals surface area (Å²) in [5.41, 5.74) is 3.12. The van der Waals surface area contributed by atoms with Crippen molar-refractivity contribution in [2.75, 3.05) is 19.5 Å². The Kier molecular flexibility index (Phi) is 5.21. The van der Waals surface area contributed by atoms with Crippen molar-refractivity contribution in [2.45, 2.75) is 13.5 Å². The summed E-state index contributed by atoms with van der Waals surface area (Å²) in [6.07, 6.45) is 0. The molecule has 0 aromatic heterocycles. The number of rotatable bonds is 5. The van der Waals surface area contributed by atoms with E-state index in [4.69, 9.17) is 32.7 Å². The molecule has 3 nitrogen and oxygen atoms in total. The lowest BCUT2D eigenvalue weighted by Crippen LogP contribution is -2.02. The highest BCUT2D eigenvalue weighted by atomic mass is 35.5. The van der Waals surface area contributed by atoms with Crippen LogP contribution >= 0.6 is 23.2 Å². The molecule has 0 atom stereocenters. The second-order valence-corrected chi connectivity index (χ2v) is 5.47. The van der Waals surface area contributed by atoms with Crippen LogP contribution in [0.5, 0.6) is 11.5 Å². The van der Waals surface area contributed by atoms with Gasteiger partial charge >= 0.3 is 0 Å². The van der Waals surface area contributed by atoms with Gasteiger partial charge < -0.3 is 14.8 Å². The van der Waals surface area contributed by atoms with Crippen LogP contribution in [0.3, 0.4) is 0 Å². The molecule has 21 heavy (non-hydrogen) atoms. The van der Waals surface area contributed by atoms with Gasteiger partial charge in [-0.15, -0.1) is 0 Å². The fourth-order valence-corrected chi connectivity index (χ4v) is 2.54. The molecule has 0 unspecified atom stereocenters. The van der Waals surface area contributed by atoms with Gasteiger partial charge in [-0.1, -0.05) is 29.3 Å². The molecular formula is C16H17Cl2NO2. The fraction of sp³-hybridized carbons (Fsp3) is 0.250. The Bertz CT molecular complexity index is 644. The zero-order chi connectivity index (χ0) is 15.4. The van der Waals surface area contributed by atoms with Crippen molar-refractivity contribution >= 4 is 28.9 Å². The zero-order valence-electron chi connectivity index (χ0n) is 12.2. The summed E-state index contributed by atoms with van der Waals surface area (Å²) in [6, 6.07) is 9.51. The molecule has 0 saturated heterocycles. The van der Waals surface area contributed by atoms with Gasteiger partial charge in [0.1, 0.15) is 0 Å². The molecule has 5 heteroatoms. The van der Waals surface area contributed by atoms with Crippen molar-refractivity contribution in [1.82, 2.24) is 0 Å². The molecule has 0 aliphatic rings. The van der Waals surface area contributed by atoms with Crippen LogP contribution in [0.4, 0.5) is 5.69 Å². The maximum atomic E-state index is 6.20. The predicted molar refractivity (Wildman–Crippen MR) is 88.1 cm³/mol. The number of nitrogens with one attached hydrogen (secondary N) is 1. The van der Waals surface area contributed by atoms with E-state index >= 15 is 0 Å². The van der Waals surface area contributed by atoms with Crippen LogP contribution in [0.1, 0.15) is 11.1 Å². The molecule has 2 aromatic rings. The number of ether oxygens (including phenoxy) is 2. The first-order valence-electron chi connectivity index (χ1n) is 6.45. The Hall–Kier alpha value is -1.58. The van der Waals surface area contributed by atoms with Crippen LogP contribution < -0.4 is 14.8 Å². The van der Waals surface area contributed by atoms with E-state index in [0.717, 1.165) is 16.8 Å². The number of hydrogen-bond donors (Lipinski definition) is 1. The van der Waals surface area contributed by atoms with Gasteiger partial charge in [-0.25, -0.2) is 0 Å². The van der Waals surface area contributed by atoms with Crippen LogP contribution in [-0.2, 0) is 6.54 Å². The van der Waals surface area contributed by atoms with E-state index in [9.17, 15) is 0 Å². The summed E-state index contributed by atoms with van der Waals surface area (Å²) >= 11 is 12.2. The third-order valence-corrected chi connectivity index (χ3v) is 3.69. The van der Waals surface area contributed by atoms with Crippen LogP contribution in [0, 0.1) is 6.92 Å². The Balaban J connectivity index is 2.20. The summed E-state index contributed by atoms with van der Waals surface area (Å²) in [5.74, 6) is 1.16. The lowest BCUT2D eigenvalue weighted by Gasteiger charge is -2.14. The minimum atomic E-state index is 0.525. The molecule has 0 heterocycles. The summed E-state index contributed by atoms with van der Waals surface area (Å²) in [7, 11) is 3.16. The molecule has 0 bridgehead atoms. The van der Waals surface area contributed by atoms with E-state index in [1.165, 1.54) is 0 Å². The number of anilines is 1. The van der Waals surface area contributed by atoms with E-state index in [0.29, 0.717) is 28.1 Å². The minimum absolute atomic E-state index is 0.525. The highest BCUT2D eigenvalue weighted by Gasteiger charge is 2.11. The van der Waals surface area contributed by atoms with Crippen molar-refractivity contribution in [3.05, 3.63) is 51.5 Å². The zero-order valence-corrected chi connectivity index (χ0v) is 13.7. The van der Waals surface area contributed by atoms with Gasteiger partial charge in [0.05, 0.1) is 19.2 Å². The Labute approximate surface area is 134 Å². The molecular weight excluding hydrogens is 309 g/mol. The molecule has 2 aromatic carbocycles. The SMILES string of the molecule is COc1cc(CNc2cc(Cl)ccc2C)cc(Cl)c1OC. The van der Waals surface area contributed by atoms with Crippen molar-refractivity contribution in [3.63, 3.8) is 0 Å². The van der Waals surface area contributed by atoms with Gasteiger partial charge in [-0.05, 0) is 42.3 Å². The molecule has 0 saturated carbocycles. The highest BCUT2D eigenvalue weighted by molar-refractivity contribution is 6.32. The lowest BCUT2D eigenvalue weighted by atomic mass is 10.1. The average Bonchev–Trinajstić information content (AvgIpc) is 2.47. The lowest BCUT2D eigenvalue weighted by molar-refractivity contribution is 0.355. The first-order chi connectivity index (χ1) is 10.0. The third kappa shape index (κ3) is 3.74. The number of benzene rings is 2. The van der Waals surface area contributed by atoms with E-state index in [1.807, 2.05) is 37.3 Å². The second kappa shape index (κ2) is 6.92. The maximum absolute atomic E-state index is 6.20. The fourth-order valence-electron chi connectivity index (χ4n) is 2.06. The maximum Gasteiger partial charge on any atom is 0.179 e. The smallest absolute Gasteiger partial charge is 0.179 e. The van der Waals surface area contributed by atoms with E-state index in [1.54, 1.807) is 14.2 Å². The summed E-state index contributed by atoms with van der Waals surface area (Å²) in [5, 5.41) is 4.57. The van der Waals surface area contributed by atoms with Crippen LogP contribution in [0.25, 0.3) is 0 Å². The van der Waals surface area contributed by atoms with Crippen LogP contribution in [0.15, 0.2) is 30.3 Å². The topological polar surface area (TPSA) is 30.5 Å².